The van der Waals surface area contributed by atoms with E-state index in [1.165, 1.54) is 0 Å². The van der Waals surface area contributed by atoms with E-state index in [4.69, 9.17) is 0 Å². The Hall–Kier alpha value is -1.52. The first-order valence-corrected chi connectivity index (χ1v) is 5.64. The Morgan fingerprint density at radius 1 is 1.56 bits per heavy atom. The van der Waals surface area contributed by atoms with Crippen molar-refractivity contribution in [1.29, 1.82) is 0 Å². The zero-order chi connectivity index (χ0) is 12.0. The van der Waals surface area contributed by atoms with Crippen LogP contribution in [0.3, 0.4) is 0 Å². The van der Waals surface area contributed by atoms with Crippen molar-refractivity contribution in [3.8, 4) is 0 Å². The number of carbonyl (C=O) groups excluding carboxylic acids is 1. The quantitative estimate of drug-likeness (QED) is 0.706. The second-order valence-electron chi connectivity index (χ2n) is 3.72. The van der Waals surface area contributed by atoms with E-state index < -0.39 is 0 Å². The summed E-state index contributed by atoms with van der Waals surface area (Å²) < 4.78 is 1.81. The first-order chi connectivity index (χ1) is 7.67. The lowest BCUT2D eigenvalue weighted by Crippen LogP contribution is -2.18. The van der Waals surface area contributed by atoms with Gasteiger partial charge in [0.25, 0.3) is 0 Å². The van der Waals surface area contributed by atoms with Gasteiger partial charge in [0.15, 0.2) is 0 Å². The van der Waals surface area contributed by atoms with E-state index in [0.717, 1.165) is 30.8 Å². The number of hydrogen-bond acceptors (Lipinski definition) is 3. The van der Waals surface area contributed by atoms with E-state index in [0.29, 0.717) is 6.42 Å². The Morgan fingerprint density at radius 2 is 2.31 bits per heavy atom. The van der Waals surface area contributed by atoms with Crippen LogP contribution in [0.4, 0.5) is 5.69 Å². The van der Waals surface area contributed by atoms with Crippen LogP contribution in [-0.4, -0.2) is 29.3 Å². The van der Waals surface area contributed by atoms with Crippen LogP contribution in [0.2, 0.25) is 0 Å². The van der Waals surface area contributed by atoms with E-state index in [1.807, 2.05) is 13.2 Å². The van der Waals surface area contributed by atoms with Gasteiger partial charge in [-0.05, 0) is 12.8 Å². The minimum absolute atomic E-state index is 0.0868. The van der Waals surface area contributed by atoms with Crippen LogP contribution in [0.5, 0.6) is 0 Å². The number of aromatic nitrogens is 2. The summed E-state index contributed by atoms with van der Waals surface area (Å²) in [6.07, 6.45) is 4.28. The zero-order valence-corrected chi connectivity index (χ0v) is 10.2. The molecule has 16 heavy (non-hydrogen) atoms. The molecule has 1 amide bonds. The van der Waals surface area contributed by atoms with Crippen LogP contribution in [0.15, 0.2) is 6.20 Å². The highest BCUT2D eigenvalue weighted by atomic mass is 16.1. The minimum Gasteiger partial charge on any atom is -0.382 e. The number of rotatable bonds is 6. The molecule has 90 valence electrons. The average molecular weight is 224 g/mol. The maximum atomic E-state index is 11.0. The van der Waals surface area contributed by atoms with Crippen molar-refractivity contribution >= 4 is 11.6 Å². The number of aryl methyl sites for hydroxylation is 2. The van der Waals surface area contributed by atoms with Gasteiger partial charge in [-0.1, -0.05) is 6.92 Å². The molecule has 1 aromatic rings. The molecule has 1 aromatic heterocycles. The van der Waals surface area contributed by atoms with E-state index in [2.05, 4.69) is 22.7 Å². The lowest BCUT2D eigenvalue weighted by molar-refractivity contribution is -0.120. The summed E-state index contributed by atoms with van der Waals surface area (Å²) in [5, 5.41) is 10.2. The molecule has 0 atom stereocenters. The lowest BCUT2D eigenvalue weighted by Gasteiger charge is -2.04. The number of nitrogens with one attached hydrogen (secondary N) is 2. The predicted octanol–water partition coefficient (Wildman–Crippen LogP) is 0.921. The molecule has 0 bridgehead atoms. The van der Waals surface area contributed by atoms with Crippen LogP contribution in [0, 0.1) is 0 Å². The molecule has 0 fully saturated rings. The van der Waals surface area contributed by atoms with Gasteiger partial charge in [-0.3, -0.25) is 9.48 Å². The van der Waals surface area contributed by atoms with Gasteiger partial charge in [0.1, 0.15) is 0 Å². The summed E-state index contributed by atoms with van der Waals surface area (Å²) in [7, 11) is 3.57. The van der Waals surface area contributed by atoms with Gasteiger partial charge in [0.2, 0.25) is 5.91 Å². The first-order valence-electron chi connectivity index (χ1n) is 5.64. The van der Waals surface area contributed by atoms with Crippen molar-refractivity contribution < 1.29 is 4.79 Å². The Bertz CT molecular complexity index is 346. The minimum atomic E-state index is 0.0868. The topological polar surface area (TPSA) is 59.0 Å². The fraction of sp³-hybridized carbons (Fsp3) is 0.636. The molecule has 0 saturated carbocycles. The summed E-state index contributed by atoms with van der Waals surface area (Å²) >= 11 is 0. The smallest absolute Gasteiger partial charge is 0.219 e. The standard InChI is InChI=1S/C11H20N4O/c1-4-9-10(8-15(3)14-9)13-7-5-6-11(16)12-2/h8,13H,4-7H2,1-3H3,(H,12,16). The summed E-state index contributed by atoms with van der Waals surface area (Å²) in [5.41, 5.74) is 2.14. The Morgan fingerprint density at radius 3 is 2.94 bits per heavy atom. The van der Waals surface area contributed by atoms with Crippen molar-refractivity contribution in [3.05, 3.63) is 11.9 Å². The summed E-state index contributed by atoms with van der Waals surface area (Å²) in [4.78, 5) is 11.0. The van der Waals surface area contributed by atoms with Crippen molar-refractivity contribution in [2.24, 2.45) is 7.05 Å². The molecule has 0 aliphatic carbocycles. The highest BCUT2D eigenvalue weighted by molar-refractivity contribution is 5.75. The molecular weight excluding hydrogens is 204 g/mol. The summed E-state index contributed by atoms with van der Waals surface area (Å²) in [6, 6.07) is 0. The summed E-state index contributed by atoms with van der Waals surface area (Å²) in [5.74, 6) is 0.0868. The number of anilines is 1. The molecular formula is C11H20N4O. The largest absolute Gasteiger partial charge is 0.382 e. The van der Waals surface area contributed by atoms with Crippen LogP contribution in [0.1, 0.15) is 25.5 Å². The van der Waals surface area contributed by atoms with Crippen molar-refractivity contribution in [2.45, 2.75) is 26.2 Å². The number of amides is 1. The molecule has 0 unspecified atom stereocenters. The molecule has 0 aromatic carbocycles. The van der Waals surface area contributed by atoms with Gasteiger partial charge in [-0.15, -0.1) is 0 Å². The monoisotopic (exact) mass is 224 g/mol. The third-order valence-corrected chi connectivity index (χ3v) is 2.42. The van der Waals surface area contributed by atoms with Gasteiger partial charge in [-0.2, -0.15) is 5.10 Å². The summed E-state index contributed by atoms with van der Waals surface area (Å²) in [6.45, 7) is 2.88. The van der Waals surface area contributed by atoms with Crippen LogP contribution in [-0.2, 0) is 18.3 Å². The van der Waals surface area contributed by atoms with Crippen LogP contribution in [0.25, 0.3) is 0 Å². The highest BCUT2D eigenvalue weighted by Crippen LogP contribution is 2.13. The third-order valence-electron chi connectivity index (χ3n) is 2.42. The van der Waals surface area contributed by atoms with Gasteiger partial charge < -0.3 is 10.6 Å². The normalized spacial score (nSPS) is 10.2. The molecule has 0 aliphatic rings. The maximum absolute atomic E-state index is 11.0. The van der Waals surface area contributed by atoms with Gasteiger partial charge in [0.05, 0.1) is 11.4 Å². The number of hydrogen-bond donors (Lipinski definition) is 2. The van der Waals surface area contributed by atoms with Crippen molar-refractivity contribution in [1.82, 2.24) is 15.1 Å². The van der Waals surface area contributed by atoms with Gasteiger partial charge in [-0.25, -0.2) is 0 Å². The molecule has 0 radical (unpaired) electrons. The lowest BCUT2D eigenvalue weighted by atomic mass is 10.2. The van der Waals surface area contributed by atoms with Crippen molar-refractivity contribution in [2.75, 3.05) is 18.9 Å². The second-order valence-corrected chi connectivity index (χ2v) is 3.72. The third kappa shape index (κ3) is 3.56. The number of nitrogens with zero attached hydrogens (tertiary/aromatic N) is 2. The number of carbonyl (C=O) groups is 1. The zero-order valence-electron chi connectivity index (χ0n) is 10.2. The molecule has 5 nitrogen and oxygen atoms in total. The van der Waals surface area contributed by atoms with E-state index >= 15 is 0 Å². The molecule has 5 heteroatoms. The van der Waals surface area contributed by atoms with Crippen molar-refractivity contribution in [3.63, 3.8) is 0 Å². The molecule has 2 N–H and O–H groups in total. The predicted molar refractivity (Wildman–Crippen MR) is 64.4 cm³/mol. The molecule has 1 heterocycles. The highest BCUT2D eigenvalue weighted by Gasteiger charge is 2.04. The van der Waals surface area contributed by atoms with Gasteiger partial charge in [0, 0.05) is 33.3 Å². The fourth-order valence-electron chi connectivity index (χ4n) is 1.54. The molecule has 1 rings (SSSR count). The van der Waals surface area contributed by atoms with E-state index in [-0.39, 0.29) is 5.91 Å². The second kappa shape index (κ2) is 6.15. The molecule has 0 aliphatic heterocycles. The Balaban J connectivity index is 2.34. The average Bonchev–Trinajstić information content (AvgIpc) is 2.64. The van der Waals surface area contributed by atoms with Gasteiger partial charge >= 0.3 is 0 Å². The maximum Gasteiger partial charge on any atom is 0.219 e. The SMILES string of the molecule is CCc1nn(C)cc1NCCCC(=O)NC. The Kier molecular flexibility index (Phi) is 4.82. The van der Waals surface area contributed by atoms with E-state index in [1.54, 1.807) is 11.7 Å². The van der Waals surface area contributed by atoms with Crippen LogP contribution < -0.4 is 10.6 Å². The molecule has 0 saturated heterocycles. The molecule has 0 spiro atoms. The fourth-order valence-corrected chi connectivity index (χ4v) is 1.54. The van der Waals surface area contributed by atoms with Crippen LogP contribution >= 0.6 is 0 Å². The first kappa shape index (κ1) is 12.5. The Labute approximate surface area is 96.2 Å². The van der Waals surface area contributed by atoms with E-state index in [9.17, 15) is 4.79 Å².